The smallest absolute Gasteiger partial charge is 0.308 e. The fourth-order valence-electron chi connectivity index (χ4n) is 3.56. The number of rotatable bonds is 7. The summed E-state index contributed by atoms with van der Waals surface area (Å²) in [5, 5.41) is 0. The van der Waals surface area contributed by atoms with E-state index in [1.54, 1.807) is 7.05 Å². The molecule has 1 aromatic carbocycles. The first-order chi connectivity index (χ1) is 13.5. The Hall–Kier alpha value is -2.96. The number of amides is 3. The van der Waals surface area contributed by atoms with Gasteiger partial charge in [0.15, 0.2) is 6.61 Å². The molecule has 3 amide bonds. The maximum atomic E-state index is 12.3. The molecule has 1 aromatic rings. The number of likely N-dealkylation sites (tertiary alicyclic amines) is 1. The van der Waals surface area contributed by atoms with Gasteiger partial charge in [-0.05, 0) is 18.4 Å². The molecule has 0 bridgehead atoms. The average Bonchev–Trinajstić information content (AvgIpc) is 2.95. The van der Waals surface area contributed by atoms with Crippen LogP contribution in [0.3, 0.4) is 0 Å². The predicted molar refractivity (Wildman–Crippen MR) is 101 cm³/mol. The molecule has 1 saturated heterocycles. The van der Waals surface area contributed by atoms with E-state index in [0.29, 0.717) is 19.4 Å². The first kappa shape index (κ1) is 19.8. The van der Waals surface area contributed by atoms with Crippen LogP contribution in [0.5, 0.6) is 0 Å². The average molecular weight is 384 g/mol. The lowest BCUT2D eigenvalue weighted by molar-refractivity contribution is -0.152. The van der Waals surface area contributed by atoms with Gasteiger partial charge in [-0.25, -0.2) is 0 Å². The standard InChI is InChI=1S/C21H24N2O5/c1-22(13-15-7-3-2-4-8-15)18(24)14-28-19(25)11-12-23-20(26)16-9-5-6-10-17(16)21(23)27/h2-8,16-17H,9-14H2,1H3/t16-,17+. The Balaban J connectivity index is 1.41. The second-order valence-electron chi connectivity index (χ2n) is 7.13. The van der Waals surface area contributed by atoms with E-state index in [9.17, 15) is 19.2 Å². The third-order valence-corrected chi connectivity index (χ3v) is 5.18. The highest BCUT2D eigenvalue weighted by molar-refractivity contribution is 6.05. The van der Waals surface area contributed by atoms with Gasteiger partial charge in [0.1, 0.15) is 0 Å². The van der Waals surface area contributed by atoms with Crippen molar-refractivity contribution in [2.45, 2.75) is 25.8 Å². The van der Waals surface area contributed by atoms with E-state index >= 15 is 0 Å². The minimum atomic E-state index is -0.602. The van der Waals surface area contributed by atoms with Gasteiger partial charge >= 0.3 is 5.97 Å². The van der Waals surface area contributed by atoms with Crippen LogP contribution in [0.1, 0.15) is 24.8 Å². The number of likely N-dealkylation sites (N-methyl/N-ethyl adjacent to an activating group) is 1. The van der Waals surface area contributed by atoms with Gasteiger partial charge in [-0.3, -0.25) is 24.1 Å². The maximum Gasteiger partial charge on any atom is 0.308 e. The third-order valence-electron chi connectivity index (χ3n) is 5.18. The van der Waals surface area contributed by atoms with Crippen LogP contribution in [0.15, 0.2) is 42.5 Å². The van der Waals surface area contributed by atoms with E-state index in [0.717, 1.165) is 10.5 Å². The molecule has 7 nitrogen and oxygen atoms in total. The zero-order valence-electron chi connectivity index (χ0n) is 15.9. The van der Waals surface area contributed by atoms with Gasteiger partial charge in [0, 0.05) is 20.1 Å². The van der Waals surface area contributed by atoms with Crippen LogP contribution < -0.4 is 0 Å². The molecule has 1 aliphatic carbocycles. The van der Waals surface area contributed by atoms with Gasteiger partial charge in [0.05, 0.1) is 18.3 Å². The third kappa shape index (κ3) is 4.47. The summed E-state index contributed by atoms with van der Waals surface area (Å²) in [6, 6.07) is 9.50. The van der Waals surface area contributed by atoms with Gasteiger partial charge in [-0.2, -0.15) is 0 Å². The van der Waals surface area contributed by atoms with Crippen molar-refractivity contribution in [1.29, 1.82) is 0 Å². The van der Waals surface area contributed by atoms with Crippen molar-refractivity contribution in [3.05, 3.63) is 48.0 Å². The topological polar surface area (TPSA) is 84.0 Å². The monoisotopic (exact) mass is 384 g/mol. The summed E-state index contributed by atoms with van der Waals surface area (Å²) >= 11 is 0. The largest absolute Gasteiger partial charge is 0.456 e. The van der Waals surface area contributed by atoms with Crippen molar-refractivity contribution in [3.63, 3.8) is 0 Å². The van der Waals surface area contributed by atoms with Crippen molar-refractivity contribution in [2.75, 3.05) is 20.2 Å². The summed E-state index contributed by atoms with van der Waals surface area (Å²) in [7, 11) is 1.64. The van der Waals surface area contributed by atoms with Crippen LogP contribution in [0.25, 0.3) is 0 Å². The Morgan fingerprint density at radius 1 is 1.07 bits per heavy atom. The Kier molecular flexibility index (Phi) is 6.23. The molecule has 0 aromatic heterocycles. The first-order valence-corrected chi connectivity index (χ1v) is 9.41. The number of hydrogen-bond donors (Lipinski definition) is 0. The minimum Gasteiger partial charge on any atom is -0.456 e. The summed E-state index contributed by atoms with van der Waals surface area (Å²) in [4.78, 5) is 51.4. The van der Waals surface area contributed by atoms with Crippen molar-refractivity contribution in [2.24, 2.45) is 11.8 Å². The number of carbonyl (C=O) groups is 4. The summed E-state index contributed by atoms with van der Waals surface area (Å²) in [6.07, 6.45) is 4.86. The summed E-state index contributed by atoms with van der Waals surface area (Å²) < 4.78 is 5.02. The molecule has 7 heteroatoms. The number of fused-ring (bicyclic) bond motifs is 1. The van der Waals surface area contributed by atoms with Crippen LogP contribution in [-0.2, 0) is 30.5 Å². The lowest BCUT2D eigenvalue weighted by atomic mass is 9.85. The molecule has 0 unspecified atom stereocenters. The van der Waals surface area contributed by atoms with Crippen LogP contribution in [0, 0.1) is 11.8 Å². The number of hydrogen-bond acceptors (Lipinski definition) is 5. The number of ether oxygens (including phenoxy) is 1. The van der Waals surface area contributed by atoms with Crippen molar-refractivity contribution >= 4 is 23.7 Å². The zero-order valence-corrected chi connectivity index (χ0v) is 15.9. The normalized spacial score (nSPS) is 20.8. The highest BCUT2D eigenvalue weighted by Crippen LogP contribution is 2.34. The SMILES string of the molecule is CN(Cc1ccccc1)C(=O)COC(=O)CCN1C(=O)[C@H]2CC=CC[C@H]2C1=O. The number of carbonyl (C=O) groups excluding carboxylic acids is 4. The lowest BCUT2D eigenvalue weighted by Crippen LogP contribution is -2.34. The Labute approximate surface area is 163 Å². The molecule has 0 radical (unpaired) electrons. The fourth-order valence-corrected chi connectivity index (χ4v) is 3.56. The van der Waals surface area contributed by atoms with E-state index in [2.05, 4.69) is 0 Å². The molecular formula is C21H24N2O5. The minimum absolute atomic E-state index is 0.00244. The van der Waals surface area contributed by atoms with Crippen molar-refractivity contribution in [1.82, 2.24) is 9.80 Å². The van der Waals surface area contributed by atoms with Gasteiger partial charge in [0.2, 0.25) is 11.8 Å². The second-order valence-corrected chi connectivity index (χ2v) is 7.13. The molecule has 0 spiro atoms. The molecule has 1 heterocycles. The van der Waals surface area contributed by atoms with Crippen LogP contribution >= 0.6 is 0 Å². The molecule has 28 heavy (non-hydrogen) atoms. The van der Waals surface area contributed by atoms with Gasteiger partial charge in [0.25, 0.3) is 5.91 Å². The van der Waals surface area contributed by atoms with Crippen LogP contribution in [-0.4, -0.2) is 53.7 Å². The summed E-state index contributed by atoms with van der Waals surface area (Å²) in [5.41, 5.74) is 0.978. The van der Waals surface area contributed by atoms with Crippen molar-refractivity contribution < 1.29 is 23.9 Å². The number of esters is 1. The molecular weight excluding hydrogens is 360 g/mol. The van der Waals surface area contributed by atoms with E-state index in [4.69, 9.17) is 4.74 Å². The first-order valence-electron chi connectivity index (χ1n) is 9.41. The molecule has 1 fully saturated rings. The lowest BCUT2D eigenvalue weighted by Gasteiger charge is -2.18. The highest BCUT2D eigenvalue weighted by atomic mass is 16.5. The number of imide groups is 1. The predicted octanol–water partition coefficient (Wildman–Crippen LogP) is 1.53. The molecule has 148 valence electrons. The molecule has 1 aliphatic heterocycles. The Morgan fingerprint density at radius 2 is 1.68 bits per heavy atom. The zero-order chi connectivity index (χ0) is 20.1. The summed E-state index contributed by atoms with van der Waals surface area (Å²) in [6.45, 7) is 0.0571. The molecule has 2 atom stereocenters. The fraction of sp³-hybridized carbons (Fsp3) is 0.429. The summed E-state index contributed by atoms with van der Waals surface area (Å²) in [5.74, 6) is -1.96. The van der Waals surface area contributed by atoms with E-state index in [1.165, 1.54) is 4.90 Å². The van der Waals surface area contributed by atoms with Gasteiger partial charge in [-0.15, -0.1) is 0 Å². The van der Waals surface area contributed by atoms with Crippen molar-refractivity contribution in [3.8, 4) is 0 Å². The molecule has 2 aliphatic rings. The van der Waals surface area contributed by atoms with E-state index < -0.39 is 5.97 Å². The van der Waals surface area contributed by atoms with Gasteiger partial charge in [-0.1, -0.05) is 42.5 Å². The highest BCUT2D eigenvalue weighted by Gasteiger charge is 2.46. The maximum absolute atomic E-state index is 12.3. The van der Waals surface area contributed by atoms with E-state index in [-0.39, 0.29) is 49.1 Å². The van der Waals surface area contributed by atoms with E-state index in [1.807, 2.05) is 42.5 Å². The number of nitrogens with zero attached hydrogens (tertiary/aromatic N) is 2. The number of allylic oxidation sites excluding steroid dienone is 2. The molecule has 0 N–H and O–H groups in total. The second kappa shape index (κ2) is 8.82. The molecule has 0 saturated carbocycles. The number of benzene rings is 1. The quantitative estimate of drug-likeness (QED) is 0.404. The van der Waals surface area contributed by atoms with Gasteiger partial charge < -0.3 is 9.64 Å². The van der Waals surface area contributed by atoms with Crippen LogP contribution in [0.2, 0.25) is 0 Å². The Bertz CT molecular complexity index is 763. The molecule has 3 rings (SSSR count). The Morgan fingerprint density at radius 3 is 2.29 bits per heavy atom. The van der Waals surface area contributed by atoms with Crippen LogP contribution in [0.4, 0.5) is 0 Å².